The molecule has 0 aromatic carbocycles. The Hall–Kier alpha value is -1.11. The van der Waals surface area contributed by atoms with Crippen LogP contribution in [-0.4, -0.2) is 5.71 Å². The summed E-state index contributed by atoms with van der Waals surface area (Å²) in [5, 5.41) is 8.07. The first-order chi connectivity index (χ1) is 6.84. The van der Waals surface area contributed by atoms with Crippen LogP contribution in [0.15, 0.2) is 34.4 Å². The van der Waals surface area contributed by atoms with Gasteiger partial charge >= 0.3 is 0 Å². The molecular weight excluding hydrogens is 182 g/mol. The molecule has 15 heavy (non-hydrogen) atoms. The van der Waals surface area contributed by atoms with Crippen molar-refractivity contribution in [2.45, 2.75) is 41.5 Å². The summed E-state index contributed by atoms with van der Waals surface area (Å²) < 4.78 is 0. The van der Waals surface area contributed by atoms with Crippen molar-refractivity contribution in [1.82, 2.24) is 0 Å². The van der Waals surface area contributed by atoms with E-state index in [1.807, 2.05) is 6.92 Å². The normalized spacial score (nSPS) is 21.9. The molecule has 0 atom stereocenters. The molecule has 0 aromatic rings. The van der Waals surface area contributed by atoms with Crippen LogP contribution in [0.25, 0.3) is 0 Å². The summed E-state index contributed by atoms with van der Waals surface area (Å²) in [6.07, 6.45) is 4.20. The molecule has 0 saturated heterocycles. The van der Waals surface area contributed by atoms with Crippen LogP contribution < -0.4 is 0 Å². The summed E-state index contributed by atoms with van der Waals surface area (Å²) in [7, 11) is 0. The van der Waals surface area contributed by atoms with Crippen LogP contribution in [0, 0.1) is 10.8 Å². The molecule has 1 aliphatic carbocycles. The number of nitrogens with one attached hydrogen (secondary N) is 1. The second-order valence-corrected chi connectivity index (χ2v) is 4.79. The topological polar surface area (TPSA) is 23.9 Å². The van der Waals surface area contributed by atoms with Gasteiger partial charge in [-0.05, 0) is 44.4 Å². The summed E-state index contributed by atoms with van der Waals surface area (Å²) in [4.78, 5) is 0. The third kappa shape index (κ3) is 1.71. The van der Waals surface area contributed by atoms with Gasteiger partial charge in [0, 0.05) is 5.41 Å². The molecule has 0 aliphatic heterocycles. The van der Waals surface area contributed by atoms with Gasteiger partial charge in [-0.15, -0.1) is 0 Å². The molecular formula is C14H21N. The fourth-order valence-corrected chi connectivity index (χ4v) is 2.24. The van der Waals surface area contributed by atoms with Crippen molar-refractivity contribution >= 4 is 5.71 Å². The highest BCUT2D eigenvalue weighted by atomic mass is 14.5. The predicted octanol–water partition coefficient (Wildman–Crippen LogP) is 4.27. The van der Waals surface area contributed by atoms with E-state index in [-0.39, 0.29) is 5.41 Å². The summed E-state index contributed by atoms with van der Waals surface area (Å²) in [6, 6.07) is 0. The van der Waals surface area contributed by atoms with Crippen molar-refractivity contribution in [3.63, 3.8) is 0 Å². The molecule has 0 heterocycles. The van der Waals surface area contributed by atoms with Gasteiger partial charge in [0.25, 0.3) is 0 Å². The van der Waals surface area contributed by atoms with E-state index in [1.54, 1.807) is 0 Å². The molecule has 0 fully saturated rings. The van der Waals surface area contributed by atoms with Gasteiger partial charge in [-0.1, -0.05) is 31.6 Å². The fraction of sp³-hybridized carbons (Fsp3) is 0.500. The fourth-order valence-electron chi connectivity index (χ4n) is 2.24. The van der Waals surface area contributed by atoms with Gasteiger partial charge in [0.2, 0.25) is 0 Å². The van der Waals surface area contributed by atoms with Gasteiger partial charge in [-0.3, -0.25) is 0 Å². The predicted molar refractivity (Wildman–Crippen MR) is 67.4 cm³/mol. The molecule has 1 aliphatic rings. The molecule has 0 unspecified atom stereocenters. The highest BCUT2D eigenvalue weighted by molar-refractivity contribution is 6.12. The van der Waals surface area contributed by atoms with Crippen LogP contribution >= 0.6 is 0 Å². The Morgan fingerprint density at radius 2 is 1.60 bits per heavy atom. The minimum Gasteiger partial charge on any atom is -0.300 e. The third-order valence-electron chi connectivity index (χ3n) is 3.66. The van der Waals surface area contributed by atoms with Gasteiger partial charge < -0.3 is 5.41 Å². The van der Waals surface area contributed by atoms with E-state index >= 15 is 0 Å². The van der Waals surface area contributed by atoms with Crippen molar-refractivity contribution in [2.75, 3.05) is 0 Å². The largest absolute Gasteiger partial charge is 0.300 e. The van der Waals surface area contributed by atoms with Crippen molar-refractivity contribution in [1.29, 1.82) is 5.41 Å². The van der Waals surface area contributed by atoms with Crippen molar-refractivity contribution in [3.05, 3.63) is 34.4 Å². The maximum absolute atomic E-state index is 8.07. The van der Waals surface area contributed by atoms with E-state index in [0.29, 0.717) is 5.71 Å². The lowest BCUT2D eigenvalue weighted by molar-refractivity contribution is 0.540. The number of rotatable bonds is 1. The van der Waals surface area contributed by atoms with Crippen LogP contribution in [0.5, 0.6) is 0 Å². The Morgan fingerprint density at radius 1 is 1.07 bits per heavy atom. The number of hydrogen-bond acceptors (Lipinski definition) is 1. The average molecular weight is 203 g/mol. The van der Waals surface area contributed by atoms with Gasteiger partial charge in [0.05, 0.1) is 5.71 Å². The van der Waals surface area contributed by atoms with Crippen LogP contribution in [0.4, 0.5) is 0 Å². The third-order valence-corrected chi connectivity index (χ3v) is 3.66. The first-order valence-electron chi connectivity index (χ1n) is 5.45. The van der Waals surface area contributed by atoms with E-state index in [1.165, 1.54) is 11.1 Å². The Balaban J connectivity index is 3.44. The van der Waals surface area contributed by atoms with Crippen molar-refractivity contribution < 1.29 is 0 Å². The average Bonchev–Trinajstić information content (AvgIpc) is 2.19. The molecule has 0 aromatic heterocycles. The van der Waals surface area contributed by atoms with Crippen LogP contribution in [0.1, 0.15) is 41.5 Å². The maximum Gasteiger partial charge on any atom is 0.0601 e. The van der Waals surface area contributed by atoms with Gasteiger partial charge in [0.15, 0.2) is 0 Å². The lowest BCUT2D eigenvalue weighted by atomic mass is 9.69. The second-order valence-electron chi connectivity index (χ2n) is 4.79. The summed E-state index contributed by atoms with van der Waals surface area (Å²) in [6.45, 7) is 12.7. The molecule has 0 amide bonds. The Morgan fingerprint density at radius 3 is 2.07 bits per heavy atom. The Labute approximate surface area is 93.1 Å². The summed E-state index contributed by atoms with van der Waals surface area (Å²) in [5.74, 6) is 0. The zero-order valence-corrected chi connectivity index (χ0v) is 10.7. The highest BCUT2D eigenvalue weighted by Gasteiger charge is 2.32. The first-order valence-corrected chi connectivity index (χ1v) is 5.45. The van der Waals surface area contributed by atoms with Gasteiger partial charge in [-0.25, -0.2) is 0 Å². The zero-order valence-electron chi connectivity index (χ0n) is 10.7. The standard InChI is InChI=1S/C14H21N/c1-7-8-12-10(3)13(15)9(2)11(4)14(12,5)6/h7-8,15H,1-6H3/b8-7-,15-13?. The second kappa shape index (κ2) is 3.80. The van der Waals surface area contributed by atoms with E-state index in [0.717, 1.165) is 11.1 Å². The molecule has 0 spiro atoms. The molecule has 1 nitrogen and oxygen atoms in total. The quantitative estimate of drug-likeness (QED) is 0.658. The van der Waals surface area contributed by atoms with Crippen molar-refractivity contribution in [2.24, 2.45) is 5.41 Å². The van der Waals surface area contributed by atoms with Crippen LogP contribution in [-0.2, 0) is 0 Å². The van der Waals surface area contributed by atoms with E-state index < -0.39 is 0 Å². The smallest absolute Gasteiger partial charge is 0.0601 e. The Bertz CT molecular complexity index is 390. The van der Waals surface area contributed by atoms with Crippen LogP contribution in [0.3, 0.4) is 0 Å². The minimum absolute atomic E-state index is 0.0607. The van der Waals surface area contributed by atoms with Gasteiger partial charge in [-0.2, -0.15) is 0 Å². The van der Waals surface area contributed by atoms with E-state index in [2.05, 4.69) is 46.8 Å². The molecule has 1 rings (SSSR count). The lowest BCUT2D eigenvalue weighted by Crippen LogP contribution is -2.26. The Kier molecular flexibility index (Phi) is 3.03. The zero-order chi connectivity index (χ0) is 11.8. The SMILES string of the molecule is C/C=C\C1=C(C)C(=N)C(C)=C(C)C1(C)C. The molecule has 1 heteroatoms. The first kappa shape index (κ1) is 12.0. The summed E-state index contributed by atoms with van der Waals surface area (Å²) >= 11 is 0. The lowest BCUT2D eigenvalue weighted by Gasteiger charge is -2.35. The maximum atomic E-state index is 8.07. The molecule has 1 N–H and O–H groups in total. The number of hydrogen-bond donors (Lipinski definition) is 1. The van der Waals surface area contributed by atoms with E-state index in [9.17, 15) is 0 Å². The number of allylic oxidation sites excluding steroid dienone is 6. The van der Waals surface area contributed by atoms with Crippen LogP contribution in [0.2, 0.25) is 0 Å². The molecule has 0 bridgehead atoms. The molecule has 0 saturated carbocycles. The highest BCUT2D eigenvalue weighted by Crippen LogP contribution is 2.43. The molecule has 82 valence electrons. The van der Waals surface area contributed by atoms with Crippen molar-refractivity contribution in [3.8, 4) is 0 Å². The summed E-state index contributed by atoms with van der Waals surface area (Å²) in [5.41, 5.74) is 5.58. The van der Waals surface area contributed by atoms with Gasteiger partial charge in [0.1, 0.15) is 0 Å². The van der Waals surface area contributed by atoms with E-state index in [4.69, 9.17) is 5.41 Å². The minimum atomic E-state index is 0.0607. The monoisotopic (exact) mass is 203 g/mol. The molecule has 0 radical (unpaired) electrons.